The van der Waals surface area contributed by atoms with E-state index in [9.17, 15) is 0 Å². The molecule has 0 saturated carbocycles. The normalized spacial score (nSPS) is 14.0. The summed E-state index contributed by atoms with van der Waals surface area (Å²) < 4.78 is 0. The van der Waals surface area contributed by atoms with Crippen molar-refractivity contribution in [3.63, 3.8) is 0 Å². The molecule has 2 N–H and O–H groups in total. The van der Waals surface area contributed by atoms with Gasteiger partial charge < -0.3 is 15.5 Å². The monoisotopic (exact) mass is 466 g/mol. The van der Waals surface area contributed by atoms with E-state index in [-0.39, 0.29) is 24.0 Å². The number of hydrogen-bond acceptors (Lipinski definition) is 4. The number of guanidine groups is 1. The minimum Gasteiger partial charge on any atom is -0.357 e. The lowest BCUT2D eigenvalue weighted by Gasteiger charge is -2.16. The first kappa shape index (κ1) is 20.4. The summed E-state index contributed by atoms with van der Waals surface area (Å²) in [4.78, 5) is 15.5. The number of anilines is 1. The van der Waals surface area contributed by atoms with E-state index in [0.717, 1.165) is 49.1 Å². The molecule has 0 aromatic carbocycles. The third kappa shape index (κ3) is 6.12. The van der Waals surface area contributed by atoms with E-state index < -0.39 is 0 Å². The highest BCUT2D eigenvalue weighted by Gasteiger charge is 2.12. The Hall–Kier alpha value is -1.90. The van der Waals surface area contributed by atoms with Crippen LogP contribution in [0.3, 0.4) is 0 Å². The molecule has 2 aromatic rings. The van der Waals surface area contributed by atoms with Crippen molar-refractivity contribution in [2.75, 3.05) is 31.6 Å². The Kier molecular flexibility index (Phi) is 8.60. The van der Waals surface area contributed by atoms with Crippen LogP contribution in [0, 0.1) is 0 Å². The molecule has 6 nitrogen and oxygen atoms in total. The van der Waals surface area contributed by atoms with E-state index in [1.165, 1.54) is 12.8 Å². The molecule has 1 aliphatic rings. The average molecular weight is 466 g/mol. The smallest absolute Gasteiger partial charge is 0.191 e. The molecule has 1 fully saturated rings. The highest BCUT2D eigenvalue weighted by Crippen LogP contribution is 2.17. The van der Waals surface area contributed by atoms with Crippen molar-refractivity contribution in [2.45, 2.75) is 25.8 Å². The van der Waals surface area contributed by atoms with E-state index in [1.54, 1.807) is 7.05 Å². The molecular formula is C19H27IN6. The van der Waals surface area contributed by atoms with Gasteiger partial charge in [-0.15, -0.1) is 24.0 Å². The predicted octanol–water partition coefficient (Wildman–Crippen LogP) is 2.60. The lowest BCUT2D eigenvalue weighted by molar-refractivity contribution is 0.782. The molecule has 1 aliphatic heterocycles. The number of aliphatic imine (C=N–C) groups is 1. The molecule has 0 unspecified atom stereocenters. The minimum absolute atomic E-state index is 0. The molecule has 7 heteroatoms. The molecule has 3 heterocycles. The van der Waals surface area contributed by atoms with Crippen molar-refractivity contribution in [1.82, 2.24) is 20.6 Å². The maximum absolute atomic E-state index is 4.58. The fourth-order valence-corrected chi connectivity index (χ4v) is 2.92. The van der Waals surface area contributed by atoms with Crippen molar-refractivity contribution in [3.8, 4) is 0 Å². The van der Waals surface area contributed by atoms with Gasteiger partial charge in [0.1, 0.15) is 5.82 Å². The number of hydrogen-bond donors (Lipinski definition) is 2. The molecule has 0 aliphatic carbocycles. The van der Waals surface area contributed by atoms with E-state index in [0.29, 0.717) is 6.54 Å². The predicted molar refractivity (Wildman–Crippen MR) is 117 cm³/mol. The zero-order chi connectivity index (χ0) is 17.3. The van der Waals surface area contributed by atoms with Gasteiger partial charge in [-0.2, -0.15) is 0 Å². The van der Waals surface area contributed by atoms with E-state index in [2.05, 4.69) is 42.6 Å². The van der Waals surface area contributed by atoms with E-state index >= 15 is 0 Å². The Morgan fingerprint density at radius 2 is 1.96 bits per heavy atom. The quantitative estimate of drug-likeness (QED) is 0.390. The zero-order valence-electron chi connectivity index (χ0n) is 15.2. The highest BCUT2D eigenvalue weighted by atomic mass is 127. The summed E-state index contributed by atoms with van der Waals surface area (Å²) >= 11 is 0. The third-order valence-corrected chi connectivity index (χ3v) is 4.32. The highest BCUT2D eigenvalue weighted by molar-refractivity contribution is 14.0. The summed E-state index contributed by atoms with van der Waals surface area (Å²) in [6.07, 6.45) is 7.17. The molecule has 0 spiro atoms. The van der Waals surface area contributed by atoms with Crippen molar-refractivity contribution >= 4 is 35.8 Å². The maximum Gasteiger partial charge on any atom is 0.191 e. The molecule has 0 atom stereocenters. The van der Waals surface area contributed by atoms with Crippen LogP contribution in [0.25, 0.3) is 0 Å². The first-order chi connectivity index (χ1) is 12.3. The van der Waals surface area contributed by atoms with Gasteiger partial charge in [0.2, 0.25) is 0 Å². The van der Waals surface area contributed by atoms with Crippen LogP contribution in [0.4, 0.5) is 5.82 Å². The molecule has 0 bridgehead atoms. The number of pyridine rings is 2. The first-order valence-electron chi connectivity index (χ1n) is 8.89. The molecular weight excluding hydrogens is 439 g/mol. The third-order valence-electron chi connectivity index (χ3n) is 4.32. The lowest BCUT2D eigenvalue weighted by Crippen LogP contribution is -2.37. The fourth-order valence-electron chi connectivity index (χ4n) is 2.92. The van der Waals surface area contributed by atoms with Gasteiger partial charge in [0, 0.05) is 57.7 Å². The van der Waals surface area contributed by atoms with Gasteiger partial charge in [0.25, 0.3) is 0 Å². The second-order valence-corrected chi connectivity index (χ2v) is 6.14. The van der Waals surface area contributed by atoms with E-state index in [1.807, 2.05) is 30.6 Å². The Labute approximate surface area is 172 Å². The Morgan fingerprint density at radius 1 is 1.12 bits per heavy atom. The number of aromatic nitrogens is 2. The van der Waals surface area contributed by atoms with Gasteiger partial charge >= 0.3 is 0 Å². The first-order valence-corrected chi connectivity index (χ1v) is 8.89. The average Bonchev–Trinajstić information content (AvgIpc) is 3.20. The molecule has 2 aromatic heterocycles. The Bertz CT molecular complexity index is 668. The second-order valence-electron chi connectivity index (χ2n) is 6.14. The second kappa shape index (κ2) is 10.9. The summed E-state index contributed by atoms with van der Waals surface area (Å²) in [5.74, 6) is 1.87. The Morgan fingerprint density at radius 3 is 2.62 bits per heavy atom. The largest absolute Gasteiger partial charge is 0.357 e. The fraction of sp³-hybridized carbons (Fsp3) is 0.421. The van der Waals surface area contributed by atoms with Crippen LogP contribution in [0.2, 0.25) is 0 Å². The van der Waals surface area contributed by atoms with Crippen LogP contribution >= 0.6 is 24.0 Å². The Balaban J connectivity index is 0.00000243. The van der Waals surface area contributed by atoms with Gasteiger partial charge in [-0.05, 0) is 36.6 Å². The standard InChI is InChI=1S/C19H26N6.HI/c1-20-19(22-11-9-17-6-2-3-10-21-17)24-15-16-7-8-18(23-14-16)25-12-4-5-13-25;/h2-3,6-8,10,14H,4-5,9,11-13,15H2,1H3,(H2,20,22,24);1H. The number of nitrogens with zero attached hydrogens (tertiary/aromatic N) is 4. The van der Waals surface area contributed by atoms with Crippen LogP contribution in [0.15, 0.2) is 47.7 Å². The van der Waals surface area contributed by atoms with Gasteiger partial charge in [-0.25, -0.2) is 4.98 Å². The molecule has 3 rings (SSSR count). The van der Waals surface area contributed by atoms with Crippen molar-refractivity contribution in [1.29, 1.82) is 0 Å². The van der Waals surface area contributed by atoms with Crippen molar-refractivity contribution < 1.29 is 0 Å². The minimum atomic E-state index is 0. The van der Waals surface area contributed by atoms with Gasteiger partial charge in [0.05, 0.1) is 0 Å². The van der Waals surface area contributed by atoms with Gasteiger partial charge in [-0.3, -0.25) is 9.98 Å². The summed E-state index contributed by atoms with van der Waals surface area (Å²) in [5, 5.41) is 6.64. The topological polar surface area (TPSA) is 65.4 Å². The summed E-state index contributed by atoms with van der Waals surface area (Å²) in [5.41, 5.74) is 2.22. The number of rotatable bonds is 6. The SMILES string of the molecule is CN=C(NCCc1ccccn1)NCc1ccc(N2CCCC2)nc1.I. The van der Waals surface area contributed by atoms with Gasteiger partial charge in [-0.1, -0.05) is 12.1 Å². The van der Waals surface area contributed by atoms with Crippen LogP contribution in [-0.2, 0) is 13.0 Å². The lowest BCUT2D eigenvalue weighted by atomic mass is 10.2. The van der Waals surface area contributed by atoms with E-state index in [4.69, 9.17) is 0 Å². The molecule has 140 valence electrons. The molecule has 0 amide bonds. The van der Waals surface area contributed by atoms with Crippen LogP contribution < -0.4 is 15.5 Å². The maximum atomic E-state index is 4.58. The summed E-state index contributed by atoms with van der Waals surface area (Å²) in [7, 11) is 1.78. The van der Waals surface area contributed by atoms with Crippen molar-refractivity contribution in [3.05, 3.63) is 54.0 Å². The molecule has 1 saturated heterocycles. The van der Waals surface area contributed by atoms with Crippen LogP contribution in [0.5, 0.6) is 0 Å². The van der Waals surface area contributed by atoms with Crippen LogP contribution in [-0.4, -0.2) is 42.6 Å². The molecule has 0 radical (unpaired) electrons. The number of halogens is 1. The van der Waals surface area contributed by atoms with Crippen molar-refractivity contribution in [2.24, 2.45) is 4.99 Å². The zero-order valence-corrected chi connectivity index (χ0v) is 17.5. The van der Waals surface area contributed by atoms with Crippen LogP contribution in [0.1, 0.15) is 24.1 Å². The van der Waals surface area contributed by atoms with Gasteiger partial charge in [0.15, 0.2) is 5.96 Å². The molecule has 26 heavy (non-hydrogen) atoms. The number of nitrogens with one attached hydrogen (secondary N) is 2. The summed E-state index contributed by atoms with van der Waals surface area (Å²) in [6.45, 7) is 3.74. The summed E-state index contributed by atoms with van der Waals surface area (Å²) in [6, 6.07) is 10.2.